The first-order chi connectivity index (χ1) is 12.2. The lowest BCUT2D eigenvalue weighted by molar-refractivity contribution is -0.119. The van der Waals surface area contributed by atoms with Crippen molar-refractivity contribution in [3.8, 4) is 11.7 Å². The highest BCUT2D eigenvalue weighted by molar-refractivity contribution is 8.09. The summed E-state index contributed by atoms with van der Waals surface area (Å²) >= 11 is 1.51. The fourth-order valence-corrected chi connectivity index (χ4v) is 3.57. The molecule has 0 fully saturated rings. The van der Waals surface area contributed by atoms with Gasteiger partial charge < -0.3 is 14.2 Å². The third kappa shape index (κ3) is 3.16. The molecule has 1 atom stereocenters. The number of carbonyl (C=O) groups excluding carboxylic acids is 1. The lowest BCUT2D eigenvalue weighted by Crippen LogP contribution is -2.40. The normalized spacial score (nSPS) is 16.8. The zero-order valence-electron chi connectivity index (χ0n) is 13.2. The average molecular weight is 354 g/mol. The van der Waals surface area contributed by atoms with Gasteiger partial charge in [-0.3, -0.25) is 9.69 Å². The molecule has 25 heavy (non-hydrogen) atoms. The minimum Gasteiger partial charge on any atom is -0.459 e. The van der Waals surface area contributed by atoms with Crippen molar-refractivity contribution in [1.82, 2.24) is 15.5 Å². The molecule has 1 unspecified atom stereocenters. The summed E-state index contributed by atoms with van der Waals surface area (Å²) in [6.45, 7) is 1.47. The molecule has 0 saturated heterocycles. The van der Waals surface area contributed by atoms with Gasteiger partial charge in [-0.1, -0.05) is 47.2 Å². The van der Waals surface area contributed by atoms with Gasteiger partial charge >= 0.3 is 6.01 Å². The van der Waals surface area contributed by atoms with Crippen LogP contribution in [0.5, 0.6) is 0 Å². The molecule has 0 radical (unpaired) electrons. The Kier molecular flexibility index (Phi) is 4.02. The van der Waals surface area contributed by atoms with Crippen LogP contribution in [0.2, 0.25) is 0 Å². The molecule has 2 aromatic heterocycles. The maximum atomic E-state index is 11.6. The van der Waals surface area contributed by atoms with Gasteiger partial charge in [0, 0.05) is 18.0 Å². The molecule has 7 nitrogen and oxygen atoms in total. The summed E-state index contributed by atoms with van der Waals surface area (Å²) in [6.07, 6.45) is 3.43. The molecule has 1 N–H and O–H groups in total. The second-order valence-corrected chi connectivity index (χ2v) is 6.43. The van der Waals surface area contributed by atoms with E-state index in [2.05, 4.69) is 15.5 Å². The van der Waals surface area contributed by atoms with Crippen LogP contribution in [0.3, 0.4) is 0 Å². The van der Waals surface area contributed by atoms with Crippen LogP contribution in [0, 0.1) is 0 Å². The SMILES string of the molecule is CC(=O)NC1SC(c2ccccc2)=CN1c1nnc(-c2ccco2)o1. The second kappa shape index (κ2) is 6.48. The molecule has 0 spiro atoms. The Balaban J connectivity index is 1.66. The van der Waals surface area contributed by atoms with Crippen molar-refractivity contribution in [2.75, 3.05) is 4.90 Å². The first kappa shape index (κ1) is 15.5. The quantitative estimate of drug-likeness (QED) is 0.769. The molecule has 1 aromatic carbocycles. The number of anilines is 1. The number of rotatable bonds is 4. The van der Waals surface area contributed by atoms with E-state index in [0.29, 0.717) is 5.76 Å². The van der Waals surface area contributed by atoms with Crippen molar-refractivity contribution in [3.63, 3.8) is 0 Å². The van der Waals surface area contributed by atoms with Crippen molar-refractivity contribution >= 4 is 28.6 Å². The Bertz CT molecular complexity index is 905. The summed E-state index contributed by atoms with van der Waals surface area (Å²) in [5, 5.41) is 11.0. The number of nitrogens with zero attached hydrogens (tertiary/aromatic N) is 3. The van der Waals surface area contributed by atoms with Gasteiger partial charge in [-0.15, -0.1) is 5.10 Å². The van der Waals surface area contributed by atoms with E-state index in [-0.39, 0.29) is 23.3 Å². The average Bonchev–Trinajstić information content (AvgIpc) is 3.35. The highest BCUT2D eigenvalue weighted by Crippen LogP contribution is 2.40. The van der Waals surface area contributed by atoms with Gasteiger partial charge in [0.1, 0.15) is 0 Å². The lowest BCUT2D eigenvalue weighted by atomic mass is 10.2. The Morgan fingerprint density at radius 2 is 2.04 bits per heavy atom. The summed E-state index contributed by atoms with van der Waals surface area (Å²) < 4.78 is 11.0. The smallest absolute Gasteiger partial charge is 0.325 e. The van der Waals surface area contributed by atoms with Crippen LogP contribution in [0.4, 0.5) is 6.01 Å². The monoisotopic (exact) mass is 354 g/mol. The summed E-state index contributed by atoms with van der Waals surface area (Å²) in [6, 6.07) is 13.7. The van der Waals surface area contributed by atoms with Crippen molar-refractivity contribution < 1.29 is 13.6 Å². The van der Waals surface area contributed by atoms with E-state index in [9.17, 15) is 4.79 Å². The van der Waals surface area contributed by atoms with Gasteiger partial charge in [0.05, 0.1) is 6.26 Å². The van der Waals surface area contributed by atoms with Crippen LogP contribution in [0.25, 0.3) is 16.6 Å². The van der Waals surface area contributed by atoms with Crippen LogP contribution < -0.4 is 10.2 Å². The first-order valence-corrected chi connectivity index (χ1v) is 8.45. The van der Waals surface area contributed by atoms with Crippen LogP contribution >= 0.6 is 11.8 Å². The zero-order valence-corrected chi connectivity index (χ0v) is 14.1. The Morgan fingerprint density at radius 1 is 1.20 bits per heavy atom. The summed E-state index contributed by atoms with van der Waals surface area (Å²) in [7, 11) is 0. The minimum atomic E-state index is -0.363. The molecular weight excluding hydrogens is 340 g/mol. The minimum absolute atomic E-state index is 0.143. The highest BCUT2D eigenvalue weighted by atomic mass is 32.2. The standard InChI is InChI=1S/C17H14N4O3S/c1-11(22)18-17-21(10-14(25-17)12-6-3-2-4-7-12)16-20-19-15(24-16)13-8-5-9-23-13/h2-10,17H,1H3,(H,18,22). The predicted molar refractivity (Wildman–Crippen MR) is 94.1 cm³/mol. The number of nitrogens with one attached hydrogen (secondary N) is 1. The molecule has 3 heterocycles. The number of furan rings is 1. The van der Waals surface area contributed by atoms with E-state index in [1.165, 1.54) is 18.7 Å². The summed E-state index contributed by atoms with van der Waals surface area (Å²) in [5.41, 5.74) is 0.689. The Morgan fingerprint density at radius 3 is 2.76 bits per heavy atom. The molecule has 0 saturated carbocycles. The van der Waals surface area contributed by atoms with Gasteiger partial charge in [0.15, 0.2) is 11.3 Å². The van der Waals surface area contributed by atoms with Crippen LogP contribution in [-0.4, -0.2) is 21.6 Å². The maximum absolute atomic E-state index is 11.6. The Hall–Kier alpha value is -3.00. The van der Waals surface area contributed by atoms with Crippen LogP contribution in [0.15, 0.2) is 63.8 Å². The number of hydrogen-bond donors (Lipinski definition) is 1. The fraction of sp³-hybridized carbons (Fsp3) is 0.118. The van der Waals surface area contributed by atoms with E-state index in [0.717, 1.165) is 10.5 Å². The van der Waals surface area contributed by atoms with E-state index in [1.54, 1.807) is 23.3 Å². The number of thioether (sulfide) groups is 1. The highest BCUT2D eigenvalue weighted by Gasteiger charge is 2.31. The molecular formula is C17H14N4O3S. The molecule has 1 aliphatic rings. The number of carbonyl (C=O) groups is 1. The van der Waals surface area contributed by atoms with E-state index in [4.69, 9.17) is 8.83 Å². The van der Waals surface area contributed by atoms with E-state index < -0.39 is 0 Å². The molecule has 4 rings (SSSR count). The van der Waals surface area contributed by atoms with Gasteiger partial charge in [0.25, 0.3) is 5.89 Å². The van der Waals surface area contributed by atoms with Crippen molar-refractivity contribution in [3.05, 3.63) is 60.5 Å². The molecule has 126 valence electrons. The van der Waals surface area contributed by atoms with Gasteiger partial charge in [0.2, 0.25) is 5.91 Å². The third-order valence-corrected chi connectivity index (χ3v) is 4.66. The molecule has 1 aliphatic heterocycles. The van der Waals surface area contributed by atoms with E-state index in [1.807, 2.05) is 36.5 Å². The zero-order chi connectivity index (χ0) is 17.2. The lowest BCUT2D eigenvalue weighted by Gasteiger charge is -2.20. The predicted octanol–water partition coefficient (Wildman–Crippen LogP) is 3.30. The van der Waals surface area contributed by atoms with Gasteiger partial charge in [-0.25, -0.2) is 0 Å². The van der Waals surface area contributed by atoms with Crippen LogP contribution in [-0.2, 0) is 4.79 Å². The fourth-order valence-electron chi connectivity index (χ4n) is 2.39. The summed E-state index contributed by atoms with van der Waals surface area (Å²) in [5.74, 6) is 0.637. The van der Waals surface area contributed by atoms with Gasteiger partial charge in [-0.05, 0) is 17.7 Å². The topological polar surface area (TPSA) is 84.4 Å². The number of hydrogen-bond acceptors (Lipinski definition) is 7. The van der Waals surface area contributed by atoms with Gasteiger partial charge in [-0.2, -0.15) is 0 Å². The second-order valence-electron chi connectivity index (χ2n) is 5.30. The Labute approximate surface area is 147 Å². The molecule has 8 heteroatoms. The number of amides is 1. The molecule has 0 bridgehead atoms. The number of aromatic nitrogens is 2. The molecule has 0 aliphatic carbocycles. The van der Waals surface area contributed by atoms with Crippen molar-refractivity contribution in [1.29, 1.82) is 0 Å². The largest absolute Gasteiger partial charge is 0.459 e. The van der Waals surface area contributed by atoms with Crippen LogP contribution in [0.1, 0.15) is 12.5 Å². The first-order valence-electron chi connectivity index (χ1n) is 7.57. The van der Waals surface area contributed by atoms with E-state index >= 15 is 0 Å². The van der Waals surface area contributed by atoms with Crippen molar-refractivity contribution in [2.24, 2.45) is 0 Å². The van der Waals surface area contributed by atoms with Crippen molar-refractivity contribution in [2.45, 2.75) is 12.4 Å². The number of benzene rings is 1. The molecule has 3 aromatic rings. The maximum Gasteiger partial charge on any atom is 0.325 e. The molecule has 1 amide bonds. The third-order valence-electron chi connectivity index (χ3n) is 3.50. The summed E-state index contributed by atoms with van der Waals surface area (Å²) in [4.78, 5) is 14.3.